The Labute approximate surface area is 170 Å². The number of aromatic amines is 1. The van der Waals surface area contributed by atoms with Gasteiger partial charge in [-0.1, -0.05) is 32.0 Å². The smallest absolute Gasteiger partial charge is 0.200 e. The Balaban J connectivity index is 2.13. The van der Waals surface area contributed by atoms with Gasteiger partial charge in [0.15, 0.2) is 10.6 Å². The maximum Gasteiger partial charge on any atom is 0.200 e. The lowest BCUT2D eigenvalue weighted by molar-refractivity contribution is 0.303. The first-order valence-electron chi connectivity index (χ1n) is 9.24. The number of aromatic nitrogens is 3. The van der Waals surface area contributed by atoms with E-state index in [9.17, 15) is 5.11 Å². The third kappa shape index (κ3) is 3.95. The average Bonchev–Trinajstić information content (AvgIpc) is 3.09. The SMILES string of the molecule is COc1ccc(-n2c(-c3cccc(C(C)C)c3)n[nH]c2=S)cc1N(C)CCO. The minimum Gasteiger partial charge on any atom is -0.495 e. The van der Waals surface area contributed by atoms with Gasteiger partial charge in [0.25, 0.3) is 0 Å². The van der Waals surface area contributed by atoms with Crippen LogP contribution in [0.3, 0.4) is 0 Å². The Hall–Kier alpha value is -2.64. The van der Waals surface area contributed by atoms with E-state index in [1.165, 1.54) is 5.56 Å². The maximum absolute atomic E-state index is 9.30. The molecule has 0 saturated heterocycles. The molecule has 7 heteroatoms. The molecule has 0 unspecified atom stereocenters. The van der Waals surface area contributed by atoms with Crippen molar-refractivity contribution in [3.8, 4) is 22.8 Å². The molecule has 28 heavy (non-hydrogen) atoms. The molecular weight excluding hydrogens is 372 g/mol. The van der Waals surface area contributed by atoms with Gasteiger partial charge in [0, 0.05) is 19.2 Å². The molecule has 1 heterocycles. The first kappa shape index (κ1) is 20.1. The summed E-state index contributed by atoms with van der Waals surface area (Å²) in [6.07, 6.45) is 0. The van der Waals surface area contributed by atoms with E-state index in [1.807, 2.05) is 46.8 Å². The van der Waals surface area contributed by atoms with E-state index in [0.29, 0.717) is 17.2 Å². The molecule has 0 spiro atoms. The summed E-state index contributed by atoms with van der Waals surface area (Å²) in [6, 6.07) is 14.2. The van der Waals surface area contributed by atoms with E-state index in [0.717, 1.165) is 28.5 Å². The van der Waals surface area contributed by atoms with Crippen molar-refractivity contribution in [3.63, 3.8) is 0 Å². The van der Waals surface area contributed by atoms with E-state index < -0.39 is 0 Å². The largest absolute Gasteiger partial charge is 0.495 e. The number of nitrogens with one attached hydrogen (secondary N) is 1. The zero-order valence-electron chi connectivity index (χ0n) is 16.6. The molecular formula is C21H26N4O2S. The molecule has 0 amide bonds. The minimum atomic E-state index is 0.0578. The van der Waals surface area contributed by atoms with Crippen molar-refractivity contribution in [2.24, 2.45) is 0 Å². The lowest BCUT2D eigenvalue weighted by Crippen LogP contribution is -2.22. The molecule has 6 nitrogen and oxygen atoms in total. The van der Waals surface area contributed by atoms with Gasteiger partial charge >= 0.3 is 0 Å². The number of likely N-dealkylation sites (N-methyl/N-ethyl adjacent to an activating group) is 1. The Morgan fingerprint density at radius 1 is 1.25 bits per heavy atom. The molecule has 3 aromatic rings. The summed E-state index contributed by atoms with van der Waals surface area (Å²) in [5.41, 5.74) is 4.00. The Morgan fingerprint density at radius 3 is 2.71 bits per heavy atom. The third-order valence-electron chi connectivity index (χ3n) is 4.75. The van der Waals surface area contributed by atoms with Gasteiger partial charge in [-0.05, 0) is 48.0 Å². The van der Waals surface area contributed by atoms with Crippen LogP contribution in [0.2, 0.25) is 0 Å². The highest BCUT2D eigenvalue weighted by atomic mass is 32.1. The molecule has 0 aliphatic rings. The van der Waals surface area contributed by atoms with Crippen LogP contribution in [0.5, 0.6) is 5.75 Å². The van der Waals surface area contributed by atoms with Crippen molar-refractivity contribution >= 4 is 17.9 Å². The topological polar surface area (TPSA) is 66.3 Å². The monoisotopic (exact) mass is 398 g/mol. The van der Waals surface area contributed by atoms with Crippen molar-refractivity contribution in [3.05, 3.63) is 52.8 Å². The van der Waals surface area contributed by atoms with E-state index >= 15 is 0 Å². The fourth-order valence-electron chi connectivity index (χ4n) is 3.15. The van der Waals surface area contributed by atoms with Gasteiger partial charge in [0.1, 0.15) is 5.75 Å². The third-order valence-corrected chi connectivity index (χ3v) is 5.02. The standard InChI is InChI=1S/C21H26N4O2S/c1-14(2)15-6-5-7-16(12-15)20-22-23-21(28)25(20)17-8-9-19(27-4)18(13-17)24(3)10-11-26/h5-9,12-14,26H,10-11H2,1-4H3,(H,23,28). The molecule has 0 atom stereocenters. The molecule has 0 aliphatic heterocycles. The number of hydrogen-bond donors (Lipinski definition) is 2. The van der Waals surface area contributed by atoms with Gasteiger partial charge in [-0.3, -0.25) is 9.67 Å². The van der Waals surface area contributed by atoms with E-state index in [-0.39, 0.29) is 6.61 Å². The van der Waals surface area contributed by atoms with Gasteiger partial charge < -0.3 is 14.7 Å². The summed E-state index contributed by atoms with van der Waals surface area (Å²) >= 11 is 5.52. The molecule has 3 rings (SSSR count). The lowest BCUT2D eigenvalue weighted by atomic mass is 10.0. The number of rotatable bonds is 7. The lowest BCUT2D eigenvalue weighted by Gasteiger charge is -2.22. The molecule has 148 valence electrons. The zero-order valence-corrected chi connectivity index (χ0v) is 17.5. The van der Waals surface area contributed by atoms with Gasteiger partial charge in [-0.25, -0.2) is 0 Å². The summed E-state index contributed by atoms with van der Waals surface area (Å²) < 4.78 is 7.93. The van der Waals surface area contributed by atoms with Crippen LogP contribution in [0.4, 0.5) is 5.69 Å². The number of anilines is 1. The van der Waals surface area contributed by atoms with E-state index in [1.54, 1.807) is 7.11 Å². The summed E-state index contributed by atoms with van der Waals surface area (Å²) in [4.78, 5) is 1.95. The summed E-state index contributed by atoms with van der Waals surface area (Å²) in [6.45, 7) is 4.90. The van der Waals surface area contributed by atoms with Crippen LogP contribution in [-0.4, -0.2) is 47.2 Å². The van der Waals surface area contributed by atoms with Crippen LogP contribution in [0.15, 0.2) is 42.5 Å². The van der Waals surface area contributed by atoms with Crippen molar-refractivity contribution in [1.29, 1.82) is 0 Å². The van der Waals surface area contributed by atoms with Crippen molar-refractivity contribution in [2.75, 3.05) is 32.2 Å². The molecule has 0 aliphatic carbocycles. The van der Waals surface area contributed by atoms with Gasteiger partial charge in [-0.15, -0.1) is 0 Å². The Bertz CT molecular complexity index is 1010. The van der Waals surface area contributed by atoms with Crippen LogP contribution in [0, 0.1) is 4.77 Å². The van der Waals surface area contributed by atoms with Crippen molar-refractivity contribution in [1.82, 2.24) is 14.8 Å². The summed E-state index contributed by atoms with van der Waals surface area (Å²) in [5, 5.41) is 16.7. The highest BCUT2D eigenvalue weighted by Gasteiger charge is 2.15. The molecule has 0 saturated carbocycles. The maximum atomic E-state index is 9.30. The number of nitrogens with zero attached hydrogens (tertiary/aromatic N) is 3. The van der Waals surface area contributed by atoms with Gasteiger partial charge in [0.05, 0.1) is 25.1 Å². The second-order valence-corrected chi connectivity index (χ2v) is 7.36. The number of methoxy groups -OCH3 is 1. The van der Waals surface area contributed by atoms with Crippen LogP contribution >= 0.6 is 12.2 Å². The molecule has 2 N–H and O–H groups in total. The fraction of sp³-hybridized carbons (Fsp3) is 0.333. The predicted octanol–water partition coefficient (Wildman–Crippen LogP) is 4.16. The Morgan fingerprint density at radius 2 is 2.04 bits per heavy atom. The molecule has 0 fully saturated rings. The van der Waals surface area contributed by atoms with Crippen molar-refractivity contribution < 1.29 is 9.84 Å². The molecule has 2 aromatic carbocycles. The number of benzene rings is 2. The molecule has 0 bridgehead atoms. The number of aliphatic hydroxyl groups excluding tert-OH is 1. The van der Waals surface area contributed by atoms with E-state index in [4.69, 9.17) is 17.0 Å². The second kappa shape index (κ2) is 8.58. The van der Waals surface area contributed by atoms with Crippen molar-refractivity contribution in [2.45, 2.75) is 19.8 Å². The van der Waals surface area contributed by atoms with Gasteiger partial charge in [0.2, 0.25) is 0 Å². The van der Waals surface area contributed by atoms with Crippen LogP contribution in [-0.2, 0) is 0 Å². The minimum absolute atomic E-state index is 0.0578. The van der Waals surface area contributed by atoms with Crippen LogP contribution < -0.4 is 9.64 Å². The number of ether oxygens (including phenoxy) is 1. The number of H-pyrrole nitrogens is 1. The number of aliphatic hydroxyl groups is 1. The zero-order chi connectivity index (χ0) is 20.3. The quantitative estimate of drug-likeness (QED) is 0.585. The molecule has 1 aromatic heterocycles. The fourth-order valence-corrected chi connectivity index (χ4v) is 3.39. The normalized spacial score (nSPS) is 11.1. The highest BCUT2D eigenvalue weighted by Crippen LogP contribution is 2.32. The first-order valence-corrected chi connectivity index (χ1v) is 9.65. The average molecular weight is 399 g/mol. The second-order valence-electron chi connectivity index (χ2n) is 6.97. The summed E-state index contributed by atoms with van der Waals surface area (Å²) in [5.74, 6) is 1.92. The number of hydrogen-bond acceptors (Lipinski definition) is 5. The molecule has 0 radical (unpaired) electrons. The van der Waals surface area contributed by atoms with Crippen LogP contribution in [0.25, 0.3) is 17.1 Å². The summed E-state index contributed by atoms with van der Waals surface area (Å²) in [7, 11) is 3.55. The van der Waals surface area contributed by atoms with Crippen LogP contribution in [0.1, 0.15) is 25.3 Å². The van der Waals surface area contributed by atoms with Gasteiger partial charge in [-0.2, -0.15) is 5.10 Å². The Kier molecular flexibility index (Phi) is 6.16. The van der Waals surface area contributed by atoms with E-state index in [2.05, 4.69) is 36.2 Å². The predicted molar refractivity (Wildman–Crippen MR) is 115 cm³/mol. The highest BCUT2D eigenvalue weighted by molar-refractivity contribution is 7.71. The first-order chi connectivity index (χ1) is 13.5.